The first-order valence-corrected chi connectivity index (χ1v) is 11.1. The van der Waals surface area contributed by atoms with E-state index in [0.29, 0.717) is 41.3 Å². The maximum absolute atomic E-state index is 10.6. The van der Waals surface area contributed by atoms with Crippen molar-refractivity contribution in [2.24, 2.45) is 0 Å². The Morgan fingerprint density at radius 2 is 1.82 bits per heavy atom. The number of piperidine rings is 1. The van der Waals surface area contributed by atoms with Crippen LogP contribution in [0.3, 0.4) is 0 Å². The van der Waals surface area contributed by atoms with Crippen LogP contribution in [0.25, 0.3) is 22.6 Å². The van der Waals surface area contributed by atoms with Crippen LogP contribution in [-0.4, -0.2) is 58.0 Å². The van der Waals surface area contributed by atoms with Gasteiger partial charge < -0.3 is 29.1 Å². The van der Waals surface area contributed by atoms with Crippen molar-refractivity contribution in [3.63, 3.8) is 0 Å². The molecule has 8 nitrogen and oxygen atoms in total. The summed E-state index contributed by atoms with van der Waals surface area (Å²) in [6.07, 6.45) is 1.66. The average Bonchev–Trinajstić information content (AvgIpc) is 3.45. The van der Waals surface area contributed by atoms with Crippen molar-refractivity contribution >= 4 is 28.0 Å². The highest BCUT2D eigenvalue weighted by atomic mass is 79.9. The van der Waals surface area contributed by atoms with E-state index in [-0.39, 0.29) is 29.1 Å². The van der Waals surface area contributed by atoms with Gasteiger partial charge in [-0.25, -0.2) is 0 Å². The van der Waals surface area contributed by atoms with Crippen molar-refractivity contribution in [1.29, 1.82) is 0 Å². The molecule has 0 unspecified atom stereocenters. The molecule has 3 N–H and O–H groups in total. The average molecular weight is 532 g/mol. The number of β-amino-alcohol motifs (C(OH)–C–C–N with tert-alkyl or cyclic N) is 1. The number of likely N-dealkylation sites (tertiary alicyclic amines) is 1. The van der Waals surface area contributed by atoms with Crippen LogP contribution >= 0.6 is 17.0 Å². The van der Waals surface area contributed by atoms with Gasteiger partial charge in [-0.15, -0.1) is 27.2 Å². The summed E-state index contributed by atoms with van der Waals surface area (Å²) in [7, 11) is 0. The lowest BCUT2D eigenvalue weighted by molar-refractivity contribution is 0.0599. The van der Waals surface area contributed by atoms with Crippen molar-refractivity contribution in [1.82, 2.24) is 15.1 Å². The summed E-state index contributed by atoms with van der Waals surface area (Å²) in [4.78, 5) is 2.32. The third-order valence-corrected chi connectivity index (χ3v) is 6.02. The molecule has 4 aromatic rings. The first kappa shape index (κ1) is 25.9. The van der Waals surface area contributed by atoms with E-state index in [9.17, 15) is 5.11 Å². The highest BCUT2D eigenvalue weighted by molar-refractivity contribution is 8.93. The number of furan rings is 1. The number of aromatic nitrogens is 2. The zero-order valence-electron chi connectivity index (χ0n) is 19.0. The molecule has 2 aromatic carbocycles. The maximum Gasteiger partial charge on any atom is 0.283 e. The number of rotatable bonds is 7. The molecule has 1 aliphatic rings. The number of fused-ring (bicyclic) bond motifs is 1. The molecule has 1 fully saturated rings. The van der Waals surface area contributed by atoms with Crippen molar-refractivity contribution in [3.8, 4) is 17.4 Å². The molecule has 182 valence electrons. The summed E-state index contributed by atoms with van der Waals surface area (Å²) < 4.78 is 17.3. The summed E-state index contributed by atoms with van der Waals surface area (Å²) in [5.41, 5.74) is 2.09. The Balaban J connectivity index is 0.00000162. The zero-order valence-corrected chi connectivity index (χ0v) is 20.7. The Labute approximate surface area is 208 Å². The zero-order chi connectivity index (χ0) is 21.9. The van der Waals surface area contributed by atoms with Gasteiger partial charge in [0.05, 0.1) is 5.39 Å². The molecule has 0 spiro atoms. The maximum atomic E-state index is 10.6. The number of aliphatic hydroxyl groups excluding tert-OH is 1. The van der Waals surface area contributed by atoms with E-state index < -0.39 is 6.10 Å². The molecular formula is C25H30BrN3O5. The molecule has 1 atom stereocenters. The van der Waals surface area contributed by atoms with Crippen molar-refractivity contribution in [2.75, 3.05) is 26.2 Å². The molecular weight excluding hydrogens is 502 g/mol. The number of halogens is 1. The van der Waals surface area contributed by atoms with Gasteiger partial charge in [0.15, 0.2) is 5.76 Å². The fourth-order valence-corrected chi connectivity index (χ4v) is 4.37. The molecule has 34 heavy (non-hydrogen) atoms. The van der Waals surface area contributed by atoms with E-state index in [1.54, 1.807) is 6.92 Å². The number of aryl methyl sites for hydroxylation is 1. The van der Waals surface area contributed by atoms with Gasteiger partial charge in [-0.05, 0) is 49.5 Å². The highest BCUT2D eigenvalue weighted by Gasteiger charge is 2.22. The molecule has 1 aliphatic heterocycles. The molecule has 0 aliphatic carbocycles. The molecule has 3 heterocycles. The van der Waals surface area contributed by atoms with Crippen LogP contribution in [0.15, 0.2) is 63.4 Å². The van der Waals surface area contributed by atoms with Crippen LogP contribution < -0.4 is 4.74 Å². The number of hydrogen-bond donors (Lipinski definition) is 1. The smallest absolute Gasteiger partial charge is 0.283 e. The van der Waals surface area contributed by atoms with E-state index in [2.05, 4.69) is 45.4 Å². The van der Waals surface area contributed by atoms with Gasteiger partial charge in [0, 0.05) is 19.5 Å². The Morgan fingerprint density at radius 3 is 2.53 bits per heavy atom. The Hall–Kier alpha value is -2.72. The van der Waals surface area contributed by atoms with Crippen molar-refractivity contribution < 1.29 is 24.2 Å². The fourth-order valence-electron chi connectivity index (χ4n) is 4.37. The molecule has 5 rings (SSSR count). The van der Waals surface area contributed by atoms with Crippen molar-refractivity contribution in [2.45, 2.75) is 31.8 Å². The van der Waals surface area contributed by atoms with Crippen LogP contribution in [-0.2, 0) is 0 Å². The number of nitrogens with zero attached hydrogens (tertiary/aromatic N) is 3. The summed E-state index contributed by atoms with van der Waals surface area (Å²) >= 11 is 0. The molecule has 0 amide bonds. The van der Waals surface area contributed by atoms with Crippen LogP contribution in [0.1, 0.15) is 30.2 Å². The quantitative estimate of drug-likeness (QED) is 0.380. The minimum Gasteiger partial charge on any atom is -0.490 e. The molecule has 9 heteroatoms. The monoisotopic (exact) mass is 531 g/mol. The highest BCUT2D eigenvalue weighted by Crippen LogP contribution is 2.33. The lowest BCUT2D eigenvalue weighted by Gasteiger charge is -2.33. The first-order chi connectivity index (χ1) is 15.7. The van der Waals surface area contributed by atoms with Crippen LogP contribution in [0.5, 0.6) is 5.75 Å². The van der Waals surface area contributed by atoms with Gasteiger partial charge in [-0.2, -0.15) is 0 Å². The number of hydrogen-bond acceptors (Lipinski definition) is 7. The van der Waals surface area contributed by atoms with Gasteiger partial charge in [-0.1, -0.05) is 36.4 Å². The summed E-state index contributed by atoms with van der Waals surface area (Å²) in [5, 5.41) is 19.2. The predicted molar refractivity (Wildman–Crippen MR) is 135 cm³/mol. The van der Waals surface area contributed by atoms with Gasteiger partial charge in [0.2, 0.25) is 5.89 Å². The number of ether oxygens (including phenoxy) is 1. The van der Waals surface area contributed by atoms with Crippen LogP contribution in [0.4, 0.5) is 0 Å². The molecule has 0 radical (unpaired) electrons. The molecule has 2 aromatic heterocycles. The van der Waals surface area contributed by atoms with Gasteiger partial charge in [0.1, 0.15) is 24.0 Å². The second kappa shape index (κ2) is 11.6. The summed E-state index contributed by atoms with van der Waals surface area (Å²) in [6.45, 7) is 4.54. The second-order valence-corrected chi connectivity index (χ2v) is 8.36. The third kappa shape index (κ3) is 5.85. The Kier molecular flexibility index (Phi) is 8.84. The van der Waals surface area contributed by atoms with Gasteiger partial charge >= 0.3 is 0 Å². The lowest BCUT2D eigenvalue weighted by Crippen LogP contribution is -2.40. The first-order valence-electron chi connectivity index (χ1n) is 11.1. The van der Waals surface area contributed by atoms with Gasteiger partial charge in [-0.3, -0.25) is 0 Å². The lowest BCUT2D eigenvalue weighted by atomic mass is 9.89. The van der Waals surface area contributed by atoms with Crippen LogP contribution in [0, 0.1) is 6.92 Å². The summed E-state index contributed by atoms with van der Waals surface area (Å²) in [5.74, 6) is 2.59. The fraction of sp³-hybridized carbons (Fsp3) is 0.360. The molecule has 0 saturated carbocycles. The largest absolute Gasteiger partial charge is 0.490 e. The topological polar surface area (TPSA) is 116 Å². The normalized spacial score (nSPS) is 15.5. The predicted octanol–water partition coefficient (Wildman–Crippen LogP) is 4.16. The third-order valence-electron chi connectivity index (χ3n) is 6.02. The van der Waals surface area contributed by atoms with E-state index >= 15 is 0 Å². The Morgan fingerprint density at radius 1 is 1.06 bits per heavy atom. The minimum absolute atomic E-state index is 0. The van der Waals surface area contributed by atoms with Gasteiger partial charge in [0.25, 0.3) is 5.89 Å². The van der Waals surface area contributed by atoms with E-state index in [1.165, 1.54) is 5.56 Å². The Bertz CT molecular complexity index is 1170. The molecule has 1 saturated heterocycles. The second-order valence-electron chi connectivity index (χ2n) is 8.36. The minimum atomic E-state index is -0.566. The summed E-state index contributed by atoms with van der Waals surface area (Å²) in [6, 6.07) is 18.1. The number of benzene rings is 2. The van der Waals surface area contributed by atoms with Crippen molar-refractivity contribution in [3.05, 3.63) is 66.1 Å². The number of aliphatic hydroxyl groups is 1. The van der Waals surface area contributed by atoms with E-state index in [0.717, 1.165) is 31.3 Å². The van der Waals surface area contributed by atoms with E-state index in [1.807, 2.05) is 24.3 Å². The van der Waals surface area contributed by atoms with E-state index in [4.69, 9.17) is 13.6 Å². The standard InChI is InChI=1S/C25H27N3O4.BrH.H2O/c1-17-26-27-25(31-17)24-14-21-22(8-5-9-23(21)32-24)30-16-20(29)15-28-12-10-19(11-13-28)18-6-3-2-4-7-18;;/h2-9,14,19-20,29H,10-13,15-16H2,1H3;1H;1H2/t20-;;/m0../s1. The SMILES string of the molecule is Br.Cc1nnc(-c2cc3c(OC[C@@H](O)CN4CCC(c5ccccc5)CC4)cccc3o2)o1.O. The van der Waals surface area contributed by atoms with Crippen LogP contribution in [0.2, 0.25) is 0 Å². The molecule has 0 bridgehead atoms.